The van der Waals surface area contributed by atoms with Gasteiger partial charge >= 0.3 is 0 Å². The summed E-state index contributed by atoms with van der Waals surface area (Å²) in [7, 11) is 4.13. The SMILES string of the molecule is CN(C)CC(C)(C)CNC(=O)C1(CN)CCCCCC1. The summed E-state index contributed by atoms with van der Waals surface area (Å²) in [6, 6.07) is 0. The molecule has 0 heterocycles. The molecular weight excluding hydrogens is 250 g/mol. The highest BCUT2D eigenvalue weighted by atomic mass is 16.2. The van der Waals surface area contributed by atoms with Gasteiger partial charge in [-0.05, 0) is 32.4 Å². The molecule has 0 spiro atoms. The van der Waals surface area contributed by atoms with E-state index in [0.717, 1.165) is 32.2 Å². The third-order valence-electron chi connectivity index (χ3n) is 4.40. The van der Waals surface area contributed by atoms with Crippen LogP contribution in [0.4, 0.5) is 0 Å². The van der Waals surface area contributed by atoms with Gasteiger partial charge in [-0.15, -0.1) is 0 Å². The molecule has 1 amide bonds. The maximum absolute atomic E-state index is 12.6. The molecule has 0 aromatic rings. The van der Waals surface area contributed by atoms with Gasteiger partial charge in [0.25, 0.3) is 0 Å². The molecule has 4 heteroatoms. The van der Waals surface area contributed by atoms with Gasteiger partial charge in [-0.2, -0.15) is 0 Å². The summed E-state index contributed by atoms with van der Waals surface area (Å²) in [5.74, 6) is 0.175. The van der Waals surface area contributed by atoms with E-state index in [1.54, 1.807) is 0 Å². The molecule has 0 radical (unpaired) electrons. The second-order valence-electron chi connectivity index (χ2n) is 7.48. The van der Waals surface area contributed by atoms with Crippen molar-refractivity contribution < 1.29 is 4.79 Å². The molecule has 0 aromatic carbocycles. The van der Waals surface area contributed by atoms with E-state index in [0.29, 0.717) is 13.1 Å². The molecule has 1 rings (SSSR count). The van der Waals surface area contributed by atoms with Crippen molar-refractivity contribution in [1.29, 1.82) is 0 Å². The van der Waals surface area contributed by atoms with Crippen LogP contribution >= 0.6 is 0 Å². The van der Waals surface area contributed by atoms with Gasteiger partial charge in [-0.25, -0.2) is 0 Å². The predicted molar refractivity (Wildman–Crippen MR) is 84.5 cm³/mol. The van der Waals surface area contributed by atoms with Crippen molar-refractivity contribution in [1.82, 2.24) is 10.2 Å². The van der Waals surface area contributed by atoms with Crippen LogP contribution < -0.4 is 11.1 Å². The summed E-state index contributed by atoms with van der Waals surface area (Å²) in [4.78, 5) is 14.8. The topological polar surface area (TPSA) is 58.4 Å². The number of nitrogens with two attached hydrogens (primary N) is 1. The minimum Gasteiger partial charge on any atom is -0.355 e. The maximum Gasteiger partial charge on any atom is 0.227 e. The van der Waals surface area contributed by atoms with Crippen LogP contribution in [0.1, 0.15) is 52.4 Å². The lowest BCUT2D eigenvalue weighted by atomic mass is 9.79. The highest BCUT2D eigenvalue weighted by Gasteiger charge is 2.37. The van der Waals surface area contributed by atoms with E-state index >= 15 is 0 Å². The summed E-state index contributed by atoms with van der Waals surface area (Å²) in [5, 5.41) is 3.17. The monoisotopic (exact) mass is 283 g/mol. The minimum atomic E-state index is -0.315. The Morgan fingerprint density at radius 1 is 1.20 bits per heavy atom. The largest absolute Gasteiger partial charge is 0.355 e. The van der Waals surface area contributed by atoms with E-state index in [-0.39, 0.29) is 16.7 Å². The fourth-order valence-electron chi connectivity index (χ4n) is 3.35. The van der Waals surface area contributed by atoms with Crippen molar-refractivity contribution in [2.24, 2.45) is 16.6 Å². The third kappa shape index (κ3) is 5.06. The number of rotatable bonds is 6. The normalized spacial score (nSPS) is 19.7. The summed E-state index contributed by atoms with van der Waals surface area (Å²) in [5.41, 5.74) is 5.73. The first-order chi connectivity index (χ1) is 9.31. The molecule has 20 heavy (non-hydrogen) atoms. The number of hydrogen-bond acceptors (Lipinski definition) is 3. The summed E-state index contributed by atoms with van der Waals surface area (Å²) >= 11 is 0. The minimum absolute atomic E-state index is 0.0830. The molecule has 1 fully saturated rings. The van der Waals surface area contributed by atoms with Crippen molar-refractivity contribution in [3.05, 3.63) is 0 Å². The predicted octanol–water partition coefficient (Wildman–Crippen LogP) is 1.99. The van der Waals surface area contributed by atoms with Crippen molar-refractivity contribution in [3.63, 3.8) is 0 Å². The number of carbonyl (C=O) groups excluding carboxylic acids is 1. The molecule has 0 saturated heterocycles. The Balaban J connectivity index is 2.59. The highest BCUT2D eigenvalue weighted by molar-refractivity contribution is 5.83. The quantitative estimate of drug-likeness (QED) is 0.733. The fourth-order valence-corrected chi connectivity index (χ4v) is 3.35. The standard InChI is InChI=1S/C16H33N3O/c1-15(2,13-19(3)4)12-18-14(20)16(11-17)9-7-5-6-8-10-16/h5-13,17H2,1-4H3,(H,18,20). The number of nitrogens with one attached hydrogen (secondary N) is 1. The molecule has 4 nitrogen and oxygen atoms in total. The van der Waals surface area contributed by atoms with Crippen LogP contribution in [0.5, 0.6) is 0 Å². The Morgan fingerprint density at radius 2 is 1.75 bits per heavy atom. The first kappa shape index (κ1) is 17.4. The lowest BCUT2D eigenvalue weighted by Crippen LogP contribution is -2.49. The van der Waals surface area contributed by atoms with Gasteiger partial charge in [-0.3, -0.25) is 4.79 Å². The summed E-state index contributed by atoms with van der Waals surface area (Å²) in [6.07, 6.45) is 6.63. The average Bonchev–Trinajstić information content (AvgIpc) is 2.60. The van der Waals surface area contributed by atoms with Crippen LogP contribution in [0.15, 0.2) is 0 Å². The summed E-state index contributed by atoms with van der Waals surface area (Å²) < 4.78 is 0. The zero-order chi connectivity index (χ0) is 15.2. The van der Waals surface area contributed by atoms with Crippen molar-refractivity contribution in [2.75, 3.05) is 33.7 Å². The molecule has 3 N–H and O–H groups in total. The second-order valence-corrected chi connectivity index (χ2v) is 7.48. The van der Waals surface area contributed by atoms with E-state index in [1.807, 2.05) is 0 Å². The molecule has 1 saturated carbocycles. The molecule has 0 bridgehead atoms. The molecule has 1 aliphatic rings. The van der Waals surface area contributed by atoms with Crippen molar-refractivity contribution >= 4 is 5.91 Å². The van der Waals surface area contributed by atoms with Gasteiger partial charge in [0.15, 0.2) is 0 Å². The molecule has 0 aliphatic heterocycles. The van der Waals surface area contributed by atoms with Crippen LogP contribution in [0.2, 0.25) is 0 Å². The lowest BCUT2D eigenvalue weighted by Gasteiger charge is -2.33. The molecule has 0 atom stereocenters. The second kappa shape index (κ2) is 7.41. The molecule has 1 aliphatic carbocycles. The van der Waals surface area contributed by atoms with E-state index in [2.05, 4.69) is 38.2 Å². The number of hydrogen-bond donors (Lipinski definition) is 2. The Morgan fingerprint density at radius 3 is 2.20 bits per heavy atom. The zero-order valence-electron chi connectivity index (χ0n) is 13.8. The van der Waals surface area contributed by atoms with Crippen molar-refractivity contribution in [2.45, 2.75) is 52.4 Å². The van der Waals surface area contributed by atoms with Gasteiger partial charge in [0.05, 0.1) is 5.41 Å². The van der Waals surface area contributed by atoms with Gasteiger partial charge in [-0.1, -0.05) is 39.5 Å². The Labute approximate surface area is 124 Å². The van der Waals surface area contributed by atoms with Crippen LogP contribution in [-0.4, -0.2) is 44.5 Å². The average molecular weight is 283 g/mol. The highest BCUT2D eigenvalue weighted by Crippen LogP contribution is 2.34. The van der Waals surface area contributed by atoms with Gasteiger partial charge in [0.1, 0.15) is 0 Å². The van der Waals surface area contributed by atoms with Crippen LogP contribution in [0.25, 0.3) is 0 Å². The third-order valence-corrected chi connectivity index (χ3v) is 4.40. The molecule has 118 valence electrons. The summed E-state index contributed by atoms with van der Waals surface area (Å²) in [6.45, 7) is 6.53. The molecular formula is C16H33N3O. The van der Waals surface area contributed by atoms with Crippen molar-refractivity contribution in [3.8, 4) is 0 Å². The van der Waals surface area contributed by atoms with Crippen LogP contribution in [-0.2, 0) is 4.79 Å². The van der Waals surface area contributed by atoms with E-state index in [9.17, 15) is 4.79 Å². The van der Waals surface area contributed by atoms with Gasteiger partial charge in [0, 0.05) is 19.6 Å². The number of amides is 1. The fraction of sp³-hybridized carbons (Fsp3) is 0.938. The first-order valence-electron chi connectivity index (χ1n) is 7.94. The van der Waals surface area contributed by atoms with E-state index < -0.39 is 0 Å². The first-order valence-corrected chi connectivity index (χ1v) is 7.94. The maximum atomic E-state index is 12.6. The van der Waals surface area contributed by atoms with E-state index in [1.165, 1.54) is 12.8 Å². The van der Waals surface area contributed by atoms with Gasteiger partial charge in [0.2, 0.25) is 5.91 Å². The van der Waals surface area contributed by atoms with Crippen LogP contribution in [0, 0.1) is 10.8 Å². The molecule has 0 unspecified atom stereocenters. The molecule has 0 aromatic heterocycles. The zero-order valence-corrected chi connectivity index (χ0v) is 13.8. The number of nitrogens with zero attached hydrogens (tertiary/aromatic N) is 1. The Hall–Kier alpha value is -0.610. The smallest absolute Gasteiger partial charge is 0.227 e. The lowest BCUT2D eigenvalue weighted by molar-refractivity contribution is -0.131. The van der Waals surface area contributed by atoms with Crippen LogP contribution in [0.3, 0.4) is 0 Å². The van der Waals surface area contributed by atoms with E-state index in [4.69, 9.17) is 5.73 Å². The Bertz CT molecular complexity index is 305. The number of carbonyl (C=O) groups is 1. The van der Waals surface area contributed by atoms with Gasteiger partial charge < -0.3 is 16.0 Å². The Kier molecular flexibility index (Phi) is 6.46.